The third-order valence-corrected chi connectivity index (χ3v) is 3.96. The monoisotopic (exact) mass is 268 g/mol. The maximum atomic E-state index is 11.1. The van der Waals surface area contributed by atoms with Crippen molar-refractivity contribution in [2.24, 2.45) is 11.5 Å². The summed E-state index contributed by atoms with van der Waals surface area (Å²) in [5, 5.41) is 8.50. The highest BCUT2D eigenvalue weighted by Crippen LogP contribution is 2.22. The maximum absolute atomic E-state index is 11.1. The van der Waals surface area contributed by atoms with Gasteiger partial charge in [0, 0.05) is 11.5 Å². The molecule has 0 heterocycles. The van der Waals surface area contributed by atoms with Gasteiger partial charge in [0.1, 0.15) is 12.1 Å². The number of carbonyl (C=O) groups is 2. The first-order valence-electron chi connectivity index (χ1n) is 4.64. The standard InChI is InChI=1S/C8H16N2O4S2/c1-2-14-8(13)6(10)4-16-15-3-5(9)7(11)12/h5-6H,2-4,9-10H2,1H3,(H,11,12)/t5?,6-/m0/s1. The average molecular weight is 268 g/mol. The number of nitrogens with two attached hydrogens (primary N) is 2. The summed E-state index contributed by atoms with van der Waals surface area (Å²) in [6, 6.07) is -1.57. The predicted molar refractivity (Wildman–Crippen MR) is 65.1 cm³/mol. The Balaban J connectivity index is 3.58. The second-order valence-electron chi connectivity index (χ2n) is 2.87. The van der Waals surface area contributed by atoms with Crippen LogP contribution in [0, 0.1) is 0 Å². The summed E-state index contributed by atoms with van der Waals surface area (Å²) in [6.45, 7) is 2.01. The minimum absolute atomic E-state index is 0.273. The number of carboxylic acid groups (broad SMARTS) is 1. The van der Waals surface area contributed by atoms with Crippen molar-refractivity contribution in [1.29, 1.82) is 0 Å². The topological polar surface area (TPSA) is 116 Å². The molecule has 2 atom stereocenters. The fraction of sp³-hybridized carbons (Fsp3) is 0.750. The van der Waals surface area contributed by atoms with E-state index in [0.717, 1.165) is 0 Å². The lowest BCUT2D eigenvalue weighted by atomic mass is 10.4. The largest absolute Gasteiger partial charge is 0.480 e. The fourth-order valence-corrected chi connectivity index (χ4v) is 2.85. The zero-order valence-electron chi connectivity index (χ0n) is 8.92. The number of rotatable bonds is 8. The molecule has 0 aliphatic heterocycles. The van der Waals surface area contributed by atoms with Crippen molar-refractivity contribution < 1.29 is 19.4 Å². The van der Waals surface area contributed by atoms with Crippen LogP contribution in [0.4, 0.5) is 0 Å². The van der Waals surface area contributed by atoms with Gasteiger partial charge in [-0.25, -0.2) is 0 Å². The Labute approximate surface area is 102 Å². The number of ether oxygens (including phenoxy) is 1. The minimum atomic E-state index is -1.04. The van der Waals surface area contributed by atoms with E-state index >= 15 is 0 Å². The van der Waals surface area contributed by atoms with Gasteiger partial charge in [0.2, 0.25) is 0 Å². The minimum Gasteiger partial charge on any atom is -0.480 e. The predicted octanol–water partition coefficient (Wildman–Crippen LogP) is -0.330. The van der Waals surface area contributed by atoms with Crippen molar-refractivity contribution in [3.8, 4) is 0 Å². The number of aliphatic carboxylic acids is 1. The summed E-state index contributed by atoms with van der Waals surface area (Å²) in [6.07, 6.45) is 0. The van der Waals surface area contributed by atoms with Crippen LogP contribution in [0.3, 0.4) is 0 Å². The Morgan fingerprint density at radius 2 is 1.75 bits per heavy atom. The molecule has 6 nitrogen and oxygen atoms in total. The van der Waals surface area contributed by atoms with Crippen LogP contribution in [0.15, 0.2) is 0 Å². The van der Waals surface area contributed by atoms with Gasteiger partial charge in [-0.2, -0.15) is 0 Å². The SMILES string of the molecule is CCOC(=O)[C@@H](N)CSSCC(N)C(=O)O. The molecule has 0 radical (unpaired) electrons. The van der Waals surface area contributed by atoms with E-state index in [9.17, 15) is 9.59 Å². The van der Waals surface area contributed by atoms with Crippen LogP contribution in [0.5, 0.6) is 0 Å². The number of esters is 1. The average Bonchev–Trinajstić information content (AvgIpc) is 2.23. The third-order valence-electron chi connectivity index (χ3n) is 1.49. The molecule has 16 heavy (non-hydrogen) atoms. The first-order chi connectivity index (χ1) is 7.49. The van der Waals surface area contributed by atoms with Crippen molar-refractivity contribution in [3.05, 3.63) is 0 Å². The first-order valence-corrected chi connectivity index (χ1v) is 7.12. The lowest BCUT2D eigenvalue weighted by molar-refractivity contribution is -0.144. The van der Waals surface area contributed by atoms with Gasteiger partial charge in [-0.3, -0.25) is 9.59 Å². The van der Waals surface area contributed by atoms with Crippen molar-refractivity contribution in [3.63, 3.8) is 0 Å². The van der Waals surface area contributed by atoms with Gasteiger partial charge in [0.05, 0.1) is 6.61 Å². The molecule has 0 aliphatic rings. The van der Waals surface area contributed by atoms with Gasteiger partial charge in [0.25, 0.3) is 0 Å². The van der Waals surface area contributed by atoms with E-state index < -0.39 is 24.0 Å². The fourth-order valence-electron chi connectivity index (χ4n) is 0.631. The molecule has 0 aromatic carbocycles. The molecule has 0 spiro atoms. The van der Waals surface area contributed by atoms with E-state index in [2.05, 4.69) is 0 Å². The molecule has 0 aliphatic carbocycles. The molecule has 5 N–H and O–H groups in total. The van der Waals surface area contributed by atoms with Crippen molar-refractivity contribution in [1.82, 2.24) is 0 Å². The Morgan fingerprint density at radius 3 is 2.19 bits per heavy atom. The lowest BCUT2D eigenvalue weighted by Crippen LogP contribution is -2.35. The summed E-state index contributed by atoms with van der Waals surface area (Å²) in [4.78, 5) is 21.5. The molecule has 0 saturated carbocycles. The number of carboxylic acids is 1. The summed E-state index contributed by atoms with van der Waals surface area (Å²) in [7, 11) is 2.59. The molecule has 0 aromatic rings. The van der Waals surface area contributed by atoms with Crippen LogP contribution < -0.4 is 11.5 Å². The van der Waals surface area contributed by atoms with Crippen LogP contribution in [-0.4, -0.2) is 47.2 Å². The molecule has 0 amide bonds. The molecule has 0 fully saturated rings. The summed E-state index contributed by atoms with van der Waals surface area (Å²) in [5.74, 6) is -0.841. The number of hydrogen-bond donors (Lipinski definition) is 3. The maximum Gasteiger partial charge on any atom is 0.323 e. The highest BCUT2D eigenvalue weighted by Gasteiger charge is 2.16. The summed E-state index contributed by atoms with van der Waals surface area (Å²) < 4.78 is 4.71. The van der Waals surface area contributed by atoms with Crippen LogP contribution in [0.1, 0.15) is 6.92 Å². The van der Waals surface area contributed by atoms with Crippen molar-refractivity contribution >= 4 is 33.5 Å². The van der Waals surface area contributed by atoms with Crippen LogP contribution in [0.25, 0.3) is 0 Å². The molecule has 94 valence electrons. The van der Waals surface area contributed by atoms with Gasteiger partial charge in [-0.1, -0.05) is 21.6 Å². The van der Waals surface area contributed by atoms with Gasteiger partial charge < -0.3 is 21.3 Å². The molecule has 1 unspecified atom stereocenters. The normalized spacial score (nSPS) is 14.2. The second-order valence-corrected chi connectivity index (χ2v) is 5.42. The third kappa shape index (κ3) is 6.94. The van der Waals surface area contributed by atoms with Gasteiger partial charge in [0.15, 0.2) is 0 Å². The Morgan fingerprint density at radius 1 is 1.25 bits per heavy atom. The lowest BCUT2D eigenvalue weighted by Gasteiger charge is -2.10. The zero-order valence-corrected chi connectivity index (χ0v) is 10.6. The first kappa shape index (κ1) is 15.6. The highest BCUT2D eigenvalue weighted by molar-refractivity contribution is 8.76. The molecule has 0 bridgehead atoms. The quantitative estimate of drug-likeness (QED) is 0.311. The number of hydrogen-bond acceptors (Lipinski definition) is 7. The van der Waals surface area contributed by atoms with E-state index in [1.165, 1.54) is 21.6 Å². The summed E-state index contributed by atoms with van der Waals surface area (Å²) in [5.41, 5.74) is 10.8. The van der Waals surface area contributed by atoms with E-state index in [0.29, 0.717) is 12.4 Å². The zero-order chi connectivity index (χ0) is 12.6. The van der Waals surface area contributed by atoms with Gasteiger partial charge in [-0.05, 0) is 6.92 Å². The highest BCUT2D eigenvalue weighted by atomic mass is 33.1. The van der Waals surface area contributed by atoms with E-state index in [-0.39, 0.29) is 5.75 Å². The molecule has 0 saturated heterocycles. The van der Waals surface area contributed by atoms with Crippen LogP contribution in [0.2, 0.25) is 0 Å². The van der Waals surface area contributed by atoms with Crippen LogP contribution >= 0.6 is 21.6 Å². The summed E-state index contributed by atoms with van der Waals surface area (Å²) >= 11 is 0. The smallest absolute Gasteiger partial charge is 0.323 e. The molecule has 8 heteroatoms. The second kappa shape index (κ2) is 8.68. The molecule has 0 rings (SSSR count). The molecule has 0 aromatic heterocycles. The Hall–Kier alpha value is -0.440. The Bertz CT molecular complexity index is 240. The molecular weight excluding hydrogens is 252 g/mol. The van der Waals surface area contributed by atoms with Crippen LogP contribution in [-0.2, 0) is 14.3 Å². The van der Waals surface area contributed by atoms with Crippen molar-refractivity contribution in [2.45, 2.75) is 19.0 Å². The van der Waals surface area contributed by atoms with Gasteiger partial charge in [-0.15, -0.1) is 0 Å². The number of carbonyl (C=O) groups excluding carboxylic acids is 1. The van der Waals surface area contributed by atoms with E-state index in [1.807, 2.05) is 0 Å². The van der Waals surface area contributed by atoms with E-state index in [1.54, 1.807) is 6.92 Å². The van der Waals surface area contributed by atoms with E-state index in [4.69, 9.17) is 21.3 Å². The van der Waals surface area contributed by atoms with Crippen molar-refractivity contribution in [2.75, 3.05) is 18.1 Å². The Kier molecular flexibility index (Phi) is 8.44. The van der Waals surface area contributed by atoms with Gasteiger partial charge >= 0.3 is 11.9 Å². The molecular formula is C8H16N2O4S2.